The van der Waals surface area contributed by atoms with E-state index in [2.05, 4.69) is 27.3 Å². The van der Waals surface area contributed by atoms with E-state index in [-0.39, 0.29) is 12.0 Å². The normalized spacial score (nSPS) is 12.8. The van der Waals surface area contributed by atoms with E-state index >= 15 is 0 Å². The Labute approximate surface area is 148 Å². The number of alkyl halides is 3. The maximum atomic E-state index is 12.7. The first kappa shape index (κ1) is 17.9. The molecule has 0 aliphatic heterocycles. The summed E-state index contributed by atoms with van der Waals surface area (Å²) in [7, 11) is 0. The number of aromatic nitrogens is 4. The van der Waals surface area contributed by atoms with Crippen molar-refractivity contribution in [3.63, 3.8) is 0 Å². The molecule has 0 bridgehead atoms. The van der Waals surface area contributed by atoms with Crippen LogP contribution >= 0.6 is 0 Å². The number of nitrogens with one attached hydrogen (secondary N) is 1. The highest BCUT2D eigenvalue weighted by Gasteiger charge is 2.32. The molecule has 8 heteroatoms. The van der Waals surface area contributed by atoms with Crippen molar-refractivity contribution in [2.24, 2.45) is 0 Å². The maximum Gasteiger partial charge on any atom is 0.419 e. The van der Waals surface area contributed by atoms with Crippen LogP contribution in [0.25, 0.3) is 5.95 Å². The molecular weight excluding hydrogens is 343 g/mol. The van der Waals surface area contributed by atoms with Gasteiger partial charge in [-0.15, -0.1) is 0 Å². The predicted octanol–water partition coefficient (Wildman–Crippen LogP) is 4.63. The van der Waals surface area contributed by atoms with Gasteiger partial charge in [0.1, 0.15) is 0 Å². The van der Waals surface area contributed by atoms with E-state index < -0.39 is 11.7 Å². The summed E-state index contributed by atoms with van der Waals surface area (Å²) in [5.74, 6) is 0.0813. The Kier molecular flexibility index (Phi) is 5.20. The zero-order valence-electron chi connectivity index (χ0n) is 14.1. The molecule has 0 fully saturated rings. The number of anilines is 1. The zero-order valence-corrected chi connectivity index (χ0v) is 14.1. The van der Waals surface area contributed by atoms with E-state index in [1.165, 1.54) is 0 Å². The minimum Gasteiger partial charge on any atom is -0.376 e. The summed E-state index contributed by atoms with van der Waals surface area (Å²) in [6.45, 7) is 2.10. The summed E-state index contributed by atoms with van der Waals surface area (Å²) in [5.41, 5.74) is 1.01. The van der Waals surface area contributed by atoms with Gasteiger partial charge >= 0.3 is 6.18 Å². The van der Waals surface area contributed by atoms with E-state index in [9.17, 15) is 13.2 Å². The molecule has 0 radical (unpaired) electrons. The van der Waals surface area contributed by atoms with Crippen LogP contribution in [-0.2, 0) is 6.18 Å². The van der Waals surface area contributed by atoms with Gasteiger partial charge in [0.15, 0.2) is 0 Å². The molecule has 0 saturated carbocycles. The summed E-state index contributed by atoms with van der Waals surface area (Å²) in [5, 5.41) is 7.04. The molecule has 1 unspecified atom stereocenters. The first-order valence-corrected chi connectivity index (χ1v) is 8.23. The second-order valence-electron chi connectivity index (χ2n) is 5.84. The maximum absolute atomic E-state index is 12.7. The van der Waals surface area contributed by atoms with Crippen LogP contribution in [0, 0.1) is 0 Å². The lowest BCUT2D eigenvalue weighted by Crippen LogP contribution is -2.11. The Bertz CT molecular complexity index is 828. The lowest BCUT2D eigenvalue weighted by Gasteiger charge is -2.19. The number of hydrogen-bond acceptors (Lipinski definition) is 4. The van der Waals surface area contributed by atoms with Crippen LogP contribution in [0.4, 0.5) is 18.9 Å². The van der Waals surface area contributed by atoms with Gasteiger partial charge in [-0.1, -0.05) is 43.7 Å². The fraction of sp³-hybridized carbons (Fsp3) is 0.278. The van der Waals surface area contributed by atoms with Crippen molar-refractivity contribution in [3.8, 4) is 5.95 Å². The van der Waals surface area contributed by atoms with Gasteiger partial charge in [-0.25, -0.2) is 14.6 Å². The third-order valence-electron chi connectivity index (χ3n) is 3.87. The fourth-order valence-corrected chi connectivity index (χ4v) is 2.59. The second-order valence-corrected chi connectivity index (χ2v) is 5.84. The van der Waals surface area contributed by atoms with Crippen LogP contribution in [-0.4, -0.2) is 19.7 Å². The van der Waals surface area contributed by atoms with Crippen molar-refractivity contribution in [2.75, 3.05) is 5.32 Å². The molecule has 3 rings (SSSR count). The first-order valence-electron chi connectivity index (χ1n) is 8.23. The van der Waals surface area contributed by atoms with Crippen molar-refractivity contribution in [1.29, 1.82) is 0 Å². The summed E-state index contributed by atoms with van der Waals surface area (Å²) in [4.78, 5) is 8.22. The Morgan fingerprint density at radius 3 is 2.35 bits per heavy atom. The number of halogens is 3. The van der Waals surface area contributed by atoms with Crippen LogP contribution in [0.15, 0.2) is 55.1 Å². The minimum atomic E-state index is -4.44. The summed E-state index contributed by atoms with van der Waals surface area (Å²) < 4.78 is 39.0. The molecule has 26 heavy (non-hydrogen) atoms. The molecule has 2 aromatic heterocycles. The van der Waals surface area contributed by atoms with Crippen LogP contribution in [0.5, 0.6) is 0 Å². The lowest BCUT2D eigenvalue weighted by molar-refractivity contribution is -0.137. The fourth-order valence-electron chi connectivity index (χ4n) is 2.59. The molecular formula is C18H18F3N5. The molecule has 1 N–H and O–H groups in total. The molecule has 0 aliphatic carbocycles. The molecule has 5 nitrogen and oxygen atoms in total. The van der Waals surface area contributed by atoms with Gasteiger partial charge in [0.05, 0.1) is 35.9 Å². The number of rotatable bonds is 6. The SMILES string of the molecule is CCCC(Nc1cnc(-n2cc(C(F)(F)F)cn2)nc1)c1ccccc1. The van der Waals surface area contributed by atoms with Gasteiger partial charge < -0.3 is 5.32 Å². The smallest absolute Gasteiger partial charge is 0.376 e. The van der Waals surface area contributed by atoms with Crippen molar-refractivity contribution < 1.29 is 13.2 Å². The molecule has 0 saturated heterocycles. The first-order chi connectivity index (χ1) is 12.5. The number of benzene rings is 1. The molecule has 0 amide bonds. The third-order valence-corrected chi connectivity index (χ3v) is 3.87. The monoisotopic (exact) mass is 361 g/mol. The Hall–Kier alpha value is -2.90. The topological polar surface area (TPSA) is 55.6 Å². The minimum absolute atomic E-state index is 0.0813. The van der Waals surface area contributed by atoms with Crippen LogP contribution < -0.4 is 5.32 Å². The van der Waals surface area contributed by atoms with Crippen molar-refractivity contribution in [1.82, 2.24) is 19.7 Å². The predicted molar refractivity (Wildman–Crippen MR) is 91.9 cm³/mol. The van der Waals surface area contributed by atoms with Gasteiger partial charge in [0, 0.05) is 6.20 Å². The average molecular weight is 361 g/mol. The summed E-state index contributed by atoms with van der Waals surface area (Å²) in [6, 6.07) is 10.1. The Morgan fingerprint density at radius 1 is 1.08 bits per heavy atom. The third kappa shape index (κ3) is 4.19. The largest absolute Gasteiger partial charge is 0.419 e. The number of nitrogens with zero attached hydrogens (tertiary/aromatic N) is 4. The highest BCUT2D eigenvalue weighted by atomic mass is 19.4. The molecule has 0 aliphatic rings. The van der Waals surface area contributed by atoms with Gasteiger partial charge in [0.25, 0.3) is 5.95 Å². The highest BCUT2D eigenvalue weighted by molar-refractivity contribution is 5.42. The van der Waals surface area contributed by atoms with Gasteiger partial charge in [-0.05, 0) is 12.0 Å². The standard InChI is InChI=1S/C18H18F3N5/c1-2-6-16(13-7-4-3-5-8-13)25-15-10-22-17(23-11-15)26-12-14(9-24-26)18(19,20)21/h3-5,7-12,16,25H,2,6H2,1H3. The molecule has 3 aromatic rings. The van der Waals surface area contributed by atoms with Crippen LogP contribution in [0.2, 0.25) is 0 Å². The Balaban J connectivity index is 1.75. The quantitative estimate of drug-likeness (QED) is 0.695. The van der Waals surface area contributed by atoms with E-state index in [4.69, 9.17) is 0 Å². The lowest BCUT2D eigenvalue weighted by atomic mass is 10.0. The molecule has 136 valence electrons. The zero-order chi connectivity index (χ0) is 18.6. The van der Waals surface area contributed by atoms with Gasteiger partial charge in [-0.2, -0.15) is 18.3 Å². The Morgan fingerprint density at radius 2 is 1.77 bits per heavy atom. The number of hydrogen-bond donors (Lipinski definition) is 1. The van der Waals surface area contributed by atoms with Crippen LogP contribution in [0.1, 0.15) is 36.9 Å². The van der Waals surface area contributed by atoms with E-state index in [1.807, 2.05) is 30.3 Å². The molecule has 0 spiro atoms. The summed E-state index contributed by atoms with van der Waals surface area (Å²) >= 11 is 0. The van der Waals surface area contributed by atoms with Crippen molar-refractivity contribution in [2.45, 2.75) is 32.0 Å². The van der Waals surface area contributed by atoms with E-state index in [1.54, 1.807) is 12.4 Å². The second kappa shape index (κ2) is 7.55. The van der Waals surface area contributed by atoms with Gasteiger partial charge in [0.2, 0.25) is 0 Å². The van der Waals surface area contributed by atoms with Crippen molar-refractivity contribution in [3.05, 3.63) is 66.2 Å². The average Bonchev–Trinajstić information content (AvgIpc) is 3.13. The van der Waals surface area contributed by atoms with Crippen LogP contribution in [0.3, 0.4) is 0 Å². The van der Waals surface area contributed by atoms with E-state index in [0.717, 1.165) is 35.5 Å². The molecule has 1 aromatic carbocycles. The highest BCUT2D eigenvalue weighted by Crippen LogP contribution is 2.29. The van der Waals surface area contributed by atoms with E-state index in [0.29, 0.717) is 5.69 Å². The molecule has 2 heterocycles. The van der Waals surface area contributed by atoms with Crippen molar-refractivity contribution >= 4 is 5.69 Å². The molecule has 1 atom stereocenters. The van der Waals surface area contributed by atoms with Gasteiger partial charge in [-0.3, -0.25) is 0 Å². The summed E-state index contributed by atoms with van der Waals surface area (Å²) in [6.07, 6.45) is 2.20.